The number of rotatable bonds is 11. The summed E-state index contributed by atoms with van der Waals surface area (Å²) in [5.41, 5.74) is 2.85. The van der Waals surface area contributed by atoms with Crippen LogP contribution in [0, 0.1) is 5.92 Å². The fraction of sp³-hybridized carbons (Fsp3) is 0.480. The van der Waals surface area contributed by atoms with Gasteiger partial charge in [-0.3, -0.25) is 14.6 Å². The standard InChI is InChI=1S/C25H34N4O6S/c1-6-35-25(31)22(13-17(2)3)29(16-24(30)34-5)36(32,33)20-9-7-19(8-10-20)15-28-18(4)27-21-11-12-26-14-23(21)28/h7-12,14,17-18,22,27H,6,13,15-16H2,1-5H3/t18?,22-/m0/s1. The van der Waals surface area contributed by atoms with E-state index in [4.69, 9.17) is 9.47 Å². The number of sulfonamides is 1. The Morgan fingerprint density at radius 1 is 1.19 bits per heavy atom. The van der Waals surface area contributed by atoms with Crippen molar-refractivity contribution in [3.8, 4) is 0 Å². The van der Waals surface area contributed by atoms with E-state index >= 15 is 0 Å². The highest BCUT2D eigenvalue weighted by atomic mass is 32.2. The van der Waals surface area contributed by atoms with Gasteiger partial charge in [0.25, 0.3) is 0 Å². The summed E-state index contributed by atoms with van der Waals surface area (Å²) in [6, 6.07) is 7.19. The zero-order valence-corrected chi connectivity index (χ0v) is 22.1. The summed E-state index contributed by atoms with van der Waals surface area (Å²) in [7, 11) is -3.05. The molecule has 2 aromatic rings. The van der Waals surface area contributed by atoms with Crippen molar-refractivity contribution in [3.05, 3.63) is 48.3 Å². The molecule has 0 saturated carbocycles. The summed E-state index contributed by atoms with van der Waals surface area (Å²) >= 11 is 0. The zero-order chi connectivity index (χ0) is 26.5. The maximum atomic E-state index is 13.7. The Hall–Kier alpha value is -3.18. The average molecular weight is 519 g/mol. The lowest BCUT2D eigenvalue weighted by molar-refractivity contribution is -0.150. The van der Waals surface area contributed by atoms with E-state index in [0.29, 0.717) is 6.54 Å². The maximum Gasteiger partial charge on any atom is 0.324 e. The van der Waals surface area contributed by atoms with Crippen LogP contribution in [-0.4, -0.2) is 62.1 Å². The van der Waals surface area contributed by atoms with Crippen molar-refractivity contribution >= 4 is 33.3 Å². The van der Waals surface area contributed by atoms with Crippen molar-refractivity contribution in [2.45, 2.75) is 57.8 Å². The molecule has 3 rings (SSSR count). The Labute approximate surface area is 212 Å². The number of hydrogen-bond acceptors (Lipinski definition) is 9. The SMILES string of the molecule is CCOC(=O)[C@H](CC(C)C)N(CC(=O)OC)S(=O)(=O)c1ccc(CN2c3cnccc3NC2C)cc1. The number of carbonyl (C=O) groups excluding carboxylic acids is 2. The molecule has 36 heavy (non-hydrogen) atoms. The van der Waals surface area contributed by atoms with Crippen molar-refractivity contribution in [1.82, 2.24) is 9.29 Å². The molecule has 0 saturated heterocycles. The Kier molecular flexibility index (Phi) is 8.91. The number of nitrogens with zero attached hydrogens (tertiary/aromatic N) is 3. The van der Waals surface area contributed by atoms with Gasteiger partial charge in [0.1, 0.15) is 12.6 Å². The Morgan fingerprint density at radius 3 is 2.50 bits per heavy atom. The van der Waals surface area contributed by atoms with Crippen molar-refractivity contribution < 1.29 is 27.5 Å². The smallest absolute Gasteiger partial charge is 0.324 e. The van der Waals surface area contributed by atoms with Gasteiger partial charge in [0.2, 0.25) is 10.0 Å². The van der Waals surface area contributed by atoms with Crippen LogP contribution in [0.4, 0.5) is 11.4 Å². The molecular formula is C25H34N4O6S. The molecule has 1 aliphatic heterocycles. The number of anilines is 2. The van der Waals surface area contributed by atoms with Gasteiger partial charge in [-0.25, -0.2) is 8.42 Å². The van der Waals surface area contributed by atoms with E-state index in [2.05, 4.69) is 15.2 Å². The molecule has 196 valence electrons. The minimum absolute atomic E-state index is 0.0226. The molecule has 10 nitrogen and oxygen atoms in total. The molecule has 1 N–H and O–H groups in total. The van der Waals surface area contributed by atoms with Crippen LogP contribution in [0.5, 0.6) is 0 Å². The van der Waals surface area contributed by atoms with Gasteiger partial charge >= 0.3 is 11.9 Å². The van der Waals surface area contributed by atoms with Crippen LogP contribution in [0.3, 0.4) is 0 Å². The number of aromatic nitrogens is 1. The van der Waals surface area contributed by atoms with Crippen LogP contribution < -0.4 is 10.2 Å². The minimum atomic E-state index is -4.22. The van der Waals surface area contributed by atoms with Gasteiger partial charge in [-0.05, 0) is 49.9 Å². The highest BCUT2D eigenvalue weighted by molar-refractivity contribution is 7.89. The largest absolute Gasteiger partial charge is 0.468 e. The summed E-state index contributed by atoms with van der Waals surface area (Å²) in [6.07, 6.45) is 3.76. The van der Waals surface area contributed by atoms with Crippen molar-refractivity contribution in [2.24, 2.45) is 5.92 Å². The molecule has 0 amide bonds. The number of hydrogen-bond donors (Lipinski definition) is 1. The lowest BCUT2D eigenvalue weighted by Crippen LogP contribution is -2.49. The van der Waals surface area contributed by atoms with Crippen LogP contribution in [0.2, 0.25) is 0 Å². The Balaban J connectivity index is 1.89. The molecule has 1 aromatic heterocycles. The van der Waals surface area contributed by atoms with Gasteiger partial charge in [0.15, 0.2) is 0 Å². The molecular weight excluding hydrogens is 484 g/mol. The third kappa shape index (κ3) is 6.14. The molecule has 0 spiro atoms. The van der Waals surface area contributed by atoms with Crippen LogP contribution in [0.25, 0.3) is 0 Å². The molecule has 0 aliphatic carbocycles. The van der Waals surface area contributed by atoms with Crippen LogP contribution >= 0.6 is 0 Å². The van der Waals surface area contributed by atoms with Gasteiger partial charge in [-0.2, -0.15) is 4.31 Å². The molecule has 1 unspecified atom stereocenters. The molecule has 0 radical (unpaired) electrons. The topological polar surface area (TPSA) is 118 Å². The lowest BCUT2D eigenvalue weighted by atomic mass is 10.0. The van der Waals surface area contributed by atoms with E-state index in [1.807, 2.05) is 26.8 Å². The Bertz CT molecular complexity index is 1170. The number of methoxy groups -OCH3 is 1. The van der Waals surface area contributed by atoms with Crippen LogP contribution in [-0.2, 0) is 35.6 Å². The number of esters is 2. The maximum absolute atomic E-state index is 13.7. The molecule has 0 fully saturated rings. The molecule has 1 aliphatic rings. The second kappa shape index (κ2) is 11.7. The number of benzene rings is 1. The normalized spacial score (nSPS) is 16.0. The predicted octanol–water partition coefficient (Wildman–Crippen LogP) is 3.00. The second-order valence-corrected chi connectivity index (χ2v) is 10.9. The first-order valence-corrected chi connectivity index (χ1v) is 13.3. The van der Waals surface area contributed by atoms with E-state index in [0.717, 1.165) is 21.2 Å². The molecule has 11 heteroatoms. The Morgan fingerprint density at radius 2 is 1.89 bits per heavy atom. The van der Waals surface area contributed by atoms with Gasteiger partial charge in [-0.15, -0.1) is 0 Å². The first-order valence-electron chi connectivity index (χ1n) is 11.9. The third-order valence-corrected chi connectivity index (χ3v) is 7.81. The first kappa shape index (κ1) is 27.4. The highest BCUT2D eigenvalue weighted by Crippen LogP contribution is 2.34. The molecule has 2 heterocycles. The highest BCUT2D eigenvalue weighted by Gasteiger charge is 2.39. The lowest BCUT2D eigenvalue weighted by Gasteiger charge is -2.29. The van der Waals surface area contributed by atoms with Gasteiger partial charge in [-0.1, -0.05) is 26.0 Å². The van der Waals surface area contributed by atoms with E-state index in [9.17, 15) is 18.0 Å². The van der Waals surface area contributed by atoms with E-state index in [1.54, 1.807) is 31.5 Å². The second-order valence-electron chi connectivity index (χ2n) is 9.01. The number of nitrogens with one attached hydrogen (secondary N) is 1. The summed E-state index contributed by atoms with van der Waals surface area (Å²) in [4.78, 5) is 31.2. The van der Waals surface area contributed by atoms with Gasteiger partial charge in [0.05, 0.1) is 42.3 Å². The summed E-state index contributed by atoms with van der Waals surface area (Å²) in [5.74, 6) is -1.49. The van der Waals surface area contributed by atoms with E-state index < -0.39 is 34.5 Å². The summed E-state index contributed by atoms with van der Waals surface area (Å²) in [6.45, 7) is 7.45. The van der Waals surface area contributed by atoms with Crippen LogP contribution in [0.1, 0.15) is 39.7 Å². The monoisotopic (exact) mass is 518 g/mol. The van der Waals surface area contributed by atoms with E-state index in [1.165, 1.54) is 19.2 Å². The minimum Gasteiger partial charge on any atom is -0.468 e. The number of carbonyl (C=O) groups is 2. The fourth-order valence-electron chi connectivity index (χ4n) is 4.14. The van der Waals surface area contributed by atoms with Gasteiger partial charge < -0.3 is 19.7 Å². The third-order valence-electron chi connectivity index (χ3n) is 5.94. The van der Waals surface area contributed by atoms with Gasteiger partial charge in [0, 0.05) is 12.7 Å². The quantitative estimate of drug-likeness (QED) is 0.448. The van der Waals surface area contributed by atoms with Crippen LogP contribution in [0.15, 0.2) is 47.6 Å². The van der Waals surface area contributed by atoms with Crippen molar-refractivity contribution in [3.63, 3.8) is 0 Å². The molecule has 0 bridgehead atoms. The predicted molar refractivity (Wildman–Crippen MR) is 136 cm³/mol. The molecule has 1 aromatic carbocycles. The number of pyridine rings is 1. The van der Waals surface area contributed by atoms with E-state index in [-0.39, 0.29) is 30.0 Å². The first-order chi connectivity index (χ1) is 17.1. The average Bonchev–Trinajstić information content (AvgIpc) is 3.16. The zero-order valence-electron chi connectivity index (χ0n) is 21.3. The number of ether oxygens (including phenoxy) is 2. The molecule has 2 atom stereocenters. The van der Waals surface area contributed by atoms with Crippen molar-refractivity contribution in [1.29, 1.82) is 0 Å². The van der Waals surface area contributed by atoms with Crippen molar-refractivity contribution in [2.75, 3.05) is 30.5 Å². The fourth-order valence-corrected chi connectivity index (χ4v) is 5.67. The summed E-state index contributed by atoms with van der Waals surface area (Å²) in [5, 5.41) is 3.39. The summed E-state index contributed by atoms with van der Waals surface area (Å²) < 4.78 is 38.1. The number of fused-ring (bicyclic) bond motifs is 1.